The monoisotopic (exact) mass is 478 g/mol. The van der Waals surface area contributed by atoms with Gasteiger partial charge in [0.05, 0.1) is 6.33 Å². The predicted molar refractivity (Wildman–Crippen MR) is 142 cm³/mol. The number of benzene rings is 1. The number of fused-ring (bicyclic) bond motifs is 1. The minimum absolute atomic E-state index is 0.233. The first kappa shape index (κ1) is 25.1. The first-order valence-corrected chi connectivity index (χ1v) is 12.4. The molecule has 1 unspecified atom stereocenters. The number of hydrogen-bond acceptors (Lipinski definition) is 8. The average molecular weight is 479 g/mol. The van der Waals surface area contributed by atoms with E-state index < -0.39 is 6.23 Å². The summed E-state index contributed by atoms with van der Waals surface area (Å²) in [6, 6.07) is 9.25. The van der Waals surface area contributed by atoms with Gasteiger partial charge in [-0.3, -0.25) is 5.32 Å². The van der Waals surface area contributed by atoms with Gasteiger partial charge in [0.25, 0.3) is 0 Å². The smallest absolute Gasteiger partial charge is 0.227 e. The van der Waals surface area contributed by atoms with Crippen LogP contribution in [0.1, 0.15) is 51.1 Å². The van der Waals surface area contributed by atoms with E-state index in [1.54, 1.807) is 0 Å². The zero-order valence-electron chi connectivity index (χ0n) is 21.2. The number of hydrogen-bond donors (Lipinski definition) is 4. The number of nitrogens with zero attached hydrogens (tertiary/aromatic N) is 5. The number of aromatic nitrogens is 4. The van der Waals surface area contributed by atoms with Gasteiger partial charge in [-0.05, 0) is 77.4 Å². The zero-order chi connectivity index (χ0) is 24.9. The number of anilines is 3. The molecule has 1 saturated carbocycles. The highest BCUT2D eigenvalue weighted by Crippen LogP contribution is 2.28. The third-order valence-corrected chi connectivity index (χ3v) is 6.67. The van der Waals surface area contributed by atoms with Crippen LogP contribution in [0, 0.1) is 0 Å². The Morgan fingerprint density at radius 3 is 2.66 bits per heavy atom. The molecular weight excluding hydrogens is 440 g/mol. The van der Waals surface area contributed by atoms with Crippen molar-refractivity contribution in [1.82, 2.24) is 29.7 Å². The van der Waals surface area contributed by atoms with E-state index in [2.05, 4.69) is 64.9 Å². The van der Waals surface area contributed by atoms with Crippen molar-refractivity contribution in [3.8, 4) is 0 Å². The summed E-state index contributed by atoms with van der Waals surface area (Å²) in [7, 11) is 4.32. The van der Waals surface area contributed by atoms with Gasteiger partial charge in [-0.25, -0.2) is 4.98 Å². The second-order valence-corrected chi connectivity index (χ2v) is 9.81. The topological polar surface area (TPSA) is 103 Å². The molecule has 1 aliphatic carbocycles. The van der Waals surface area contributed by atoms with Crippen molar-refractivity contribution >= 4 is 28.6 Å². The van der Waals surface area contributed by atoms with Crippen LogP contribution in [0.15, 0.2) is 43.2 Å². The van der Waals surface area contributed by atoms with E-state index in [4.69, 9.17) is 9.97 Å². The van der Waals surface area contributed by atoms with Gasteiger partial charge < -0.3 is 25.2 Å². The van der Waals surface area contributed by atoms with Gasteiger partial charge in [-0.1, -0.05) is 18.7 Å². The summed E-state index contributed by atoms with van der Waals surface area (Å²) < 4.78 is 2.08. The van der Waals surface area contributed by atoms with Gasteiger partial charge in [-0.15, -0.1) is 0 Å². The standard InChI is InChI=1S/C26H38N8O/c1-6-22(35)27-15-18-8-7-9-20(14-18)29-24-23-25(34(16-28-23)17(2)3)32-26(31-24)30-19-10-12-21(13-11-19)33(4)5/h6-9,14,16-17,19,21-22,27,35H,1,10-13,15H2,2-5H3,(H2,29,30,31,32). The molecule has 2 heterocycles. The maximum Gasteiger partial charge on any atom is 0.227 e. The van der Waals surface area contributed by atoms with Gasteiger partial charge >= 0.3 is 0 Å². The Morgan fingerprint density at radius 1 is 1.20 bits per heavy atom. The molecule has 9 heteroatoms. The SMILES string of the molecule is C=CC(O)NCc1cccc(Nc2nc(NC3CCC(N(C)C)CC3)nc3c2ncn3C(C)C)c1. The van der Waals surface area contributed by atoms with E-state index in [1.165, 1.54) is 18.9 Å². The van der Waals surface area contributed by atoms with Gasteiger partial charge in [0.15, 0.2) is 17.0 Å². The summed E-state index contributed by atoms with van der Waals surface area (Å²) in [6.07, 6.45) is 7.09. The summed E-state index contributed by atoms with van der Waals surface area (Å²) in [5.41, 5.74) is 3.49. The number of imidazole rings is 1. The van der Waals surface area contributed by atoms with Crippen LogP contribution in [0.5, 0.6) is 0 Å². The lowest BCUT2D eigenvalue weighted by molar-refractivity contribution is 0.183. The van der Waals surface area contributed by atoms with Crippen LogP contribution < -0.4 is 16.0 Å². The van der Waals surface area contributed by atoms with Crippen molar-refractivity contribution in [3.63, 3.8) is 0 Å². The fraction of sp³-hybridized carbons (Fsp3) is 0.500. The average Bonchev–Trinajstić information content (AvgIpc) is 3.28. The number of rotatable bonds is 10. The molecule has 4 rings (SSSR count). The minimum Gasteiger partial charge on any atom is -0.375 e. The van der Waals surface area contributed by atoms with Crippen LogP contribution in [0.4, 0.5) is 17.5 Å². The van der Waals surface area contributed by atoms with Crippen molar-refractivity contribution in [2.75, 3.05) is 24.7 Å². The molecule has 1 atom stereocenters. The highest BCUT2D eigenvalue weighted by atomic mass is 16.3. The van der Waals surface area contributed by atoms with E-state index in [0.717, 1.165) is 35.3 Å². The predicted octanol–water partition coefficient (Wildman–Crippen LogP) is 4.03. The molecule has 1 aromatic carbocycles. The Morgan fingerprint density at radius 2 is 1.97 bits per heavy atom. The van der Waals surface area contributed by atoms with E-state index in [9.17, 15) is 5.11 Å². The van der Waals surface area contributed by atoms with Crippen LogP contribution >= 0.6 is 0 Å². The van der Waals surface area contributed by atoms with Crippen LogP contribution in [-0.2, 0) is 6.54 Å². The maximum absolute atomic E-state index is 9.71. The molecule has 188 valence electrons. The first-order chi connectivity index (χ1) is 16.8. The van der Waals surface area contributed by atoms with Crippen molar-refractivity contribution < 1.29 is 5.11 Å². The molecule has 0 spiro atoms. The highest BCUT2D eigenvalue weighted by molar-refractivity contribution is 5.86. The maximum atomic E-state index is 9.71. The highest BCUT2D eigenvalue weighted by Gasteiger charge is 2.24. The largest absolute Gasteiger partial charge is 0.375 e. The molecule has 4 N–H and O–H groups in total. The third-order valence-electron chi connectivity index (χ3n) is 6.67. The molecule has 1 fully saturated rings. The Hall–Kier alpha value is -3.01. The molecule has 0 aliphatic heterocycles. The third kappa shape index (κ3) is 6.17. The van der Waals surface area contributed by atoms with Crippen molar-refractivity contribution in [3.05, 3.63) is 48.8 Å². The summed E-state index contributed by atoms with van der Waals surface area (Å²) in [4.78, 5) is 16.7. The summed E-state index contributed by atoms with van der Waals surface area (Å²) >= 11 is 0. The van der Waals surface area contributed by atoms with E-state index in [-0.39, 0.29) is 6.04 Å². The van der Waals surface area contributed by atoms with Crippen LogP contribution in [0.2, 0.25) is 0 Å². The van der Waals surface area contributed by atoms with E-state index in [0.29, 0.717) is 30.4 Å². The van der Waals surface area contributed by atoms with Crippen molar-refractivity contribution in [2.45, 2.75) is 70.4 Å². The fourth-order valence-corrected chi connectivity index (χ4v) is 4.57. The van der Waals surface area contributed by atoms with Crippen LogP contribution in [-0.4, -0.2) is 61.9 Å². The van der Waals surface area contributed by atoms with Gasteiger partial charge in [0.2, 0.25) is 5.95 Å². The zero-order valence-corrected chi connectivity index (χ0v) is 21.2. The lowest BCUT2D eigenvalue weighted by atomic mass is 9.91. The number of aliphatic hydroxyl groups excluding tert-OH is 1. The molecule has 35 heavy (non-hydrogen) atoms. The quantitative estimate of drug-likeness (QED) is 0.256. The second-order valence-electron chi connectivity index (χ2n) is 9.81. The Balaban J connectivity index is 1.58. The van der Waals surface area contributed by atoms with Gasteiger partial charge in [0, 0.05) is 30.4 Å². The van der Waals surface area contributed by atoms with Crippen molar-refractivity contribution in [1.29, 1.82) is 0 Å². The number of aliphatic hydroxyl groups is 1. The van der Waals surface area contributed by atoms with Crippen molar-refractivity contribution in [2.24, 2.45) is 0 Å². The number of nitrogens with one attached hydrogen (secondary N) is 3. The lowest BCUT2D eigenvalue weighted by Gasteiger charge is -2.33. The van der Waals surface area contributed by atoms with E-state index in [1.807, 2.05) is 30.6 Å². The molecule has 9 nitrogen and oxygen atoms in total. The molecule has 2 aromatic heterocycles. The second kappa shape index (κ2) is 11.2. The minimum atomic E-state index is -0.741. The molecule has 0 radical (unpaired) electrons. The molecule has 3 aromatic rings. The van der Waals surface area contributed by atoms with Gasteiger partial charge in [0.1, 0.15) is 6.23 Å². The Bertz CT molecular complexity index is 1130. The normalized spacial score (nSPS) is 19.3. The van der Waals surface area contributed by atoms with Crippen LogP contribution in [0.3, 0.4) is 0 Å². The summed E-state index contributed by atoms with van der Waals surface area (Å²) in [5.74, 6) is 1.30. The molecule has 0 amide bonds. The van der Waals surface area contributed by atoms with Crippen LogP contribution in [0.25, 0.3) is 11.2 Å². The molecule has 0 saturated heterocycles. The summed E-state index contributed by atoms with van der Waals surface area (Å²) in [5, 5.41) is 19.8. The Labute approximate surface area is 207 Å². The molecular formula is C26H38N8O. The molecule has 1 aliphatic rings. The fourth-order valence-electron chi connectivity index (χ4n) is 4.57. The summed E-state index contributed by atoms with van der Waals surface area (Å²) in [6.45, 7) is 8.37. The van der Waals surface area contributed by atoms with Gasteiger partial charge in [-0.2, -0.15) is 9.97 Å². The Kier molecular flexibility index (Phi) is 8.00. The van der Waals surface area contributed by atoms with E-state index >= 15 is 0 Å². The molecule has 0 bridgehead atoms. The lowest BCUT2D eigenvalue weighted by Crippen LogP contribution is -2.36. The first-order valence-electron chi connectivity index (χ1n) is 12.4.